The first-order chi connectivity index (χ1) is 17.6. The van der Waals surface area contributed by atoms with Crippen LogP contribution in [0.2, 0.25) is 5.28 Å². The van der Waals surface area contributed by atoms with Crippen molar-refractivity contribution in [2.45, 2.75) is 38.3 Å². The number of aromatic nitrogens is 5. The van der Waals surface area contributed by atoms with Gasteiger partial charge in [-0.25, -0.2) is 9.37 Å². The lowest BCUT2D eigenvalue weighted by Gasteiger charge is -2.47. The van der Waals surface area contributed by atoms with Crippen LogP contribution in [0.4, 0.5) is 23.4 Å². The second-order valence-electron chi connectivity index (χ2n) is 8.89. The normalized spacial score (nSPS) is 19.8. The van der Waals surface area contributed by atoms with Crippen LogP contribution in [-0.2, 0) is 0 Å². The number of pyridine rings is 1. The van der Waals surface area contributed by atoms with Crippen LogP contribution in [-0.4, -0.2) is 61.4 Å². The molecule has 1 fully saturated rings. The van der Waals surface area contributed by atoms with Gasteiger partial charge in [0.15, 0.2) is 11.5 Å². The predicted octanol–water partition coefficient (Wildman–Crippen LogP) is 5.13. The number of hydrogen-bond donors (Lipinski definition) is 1. The van der Waals surface area contributed by atoms with E-state index in [2.05, 4.69) is 39.5 Å². The summed E-state index contributed by atoms with van der Waals surface area (Å²) in [5, 5.41) is 0.0893. The molecule has 1 unspecified atom stereocenters. The number of fused-ring (bicyclic) bond motifs is 1. The second kappa shape index (κ2) is 9.75. The lowest BCUT2D eigenvalue weighted by atomic mass is 9.96. The maximum Gasteiger partial charge on any atom is 0.573 e. The zero-order chi connectivity index (χ0) is 26.3. The third kappa shape index (κ3) is 5.30. The van der Waals surface area contributed by atoms with E-state index in [1.807, 2.05) is 13.8 Å². The molecule has 0 radical (unpaired) electrons. The Labute approximate surface area is 214 Å². The average molecular weight is 536 g/mol. The number of rotatable bonds is 5. The Kier molecular flexibility index (Phi) is 6.63. The molecular weight excluding hydrogens is 514 g/mol. The molecule has 3 atom stereocenters. The van der Waals surface area contributed by atoms with Crippen LogP contribution in [0.25, 0.3) is 11.2 Å². The summed E-state index contributed by atoms with van der Waals surface area (Å²) < 4.78 is 55.6. The molecular formula is C24H22ClF4N7O. The van der Waals surface area contributed by atoms with Crippen molar-refractivity contribution in [3.63, 3.8) is 0 Å². The van der Waals surface area contributed by atoms with E-state index < -0.39 is 18.2 Å². The van der Waals surface area contributed by atoms with Crippen LogP contribution in [0.3, 0.4) is 0 Å². The van der Waals surface area contributed by atoms with Crippen molar-refractivity contribution >= 4 is 28.6 Å². The molecule has 1 N–H and O–H groups in total. The monoisotopic (exact) mass is 535 g/mol. The zero-order valence-electron chi connectivity index (χ0n) is 19.7. The van der Waals surface area contributed by atoms with Crippen molar-refractivity contribution in [2.75, 3.05) is 18.0 Å². The van der Waals surface area contributed by atoms with E-state index in [0.29, 0.717) is 35.8 Å². The van der Waals surface area contributed by atoms with Gasteiger partial charge in [-0.1, -0.05) is 12.1 Å². The number of halogens is 5. The van der Waals surface area contributed by atoms with Gasteiger partial charge in [0.25, 0.3) is 0 Å². The van der Waals surface area contributed by atoms with Gasteiger partial charge in [0.1, 0.15) is 17.1 Å². The SMILES string of the molecule is C[C@@H]1CN(c2nc(Cl)nc3nc[nH]c23)[C@@H](C)CN1C(c1ccc(F)cc1)c1ccc(OC(F)(F)F)cn1. The second-order valence-corrected chi connectivity index (χ2v) is 9.22. The number of ether oxygens (including phenoxy) is 1. The summed E-state index contributed by atoms with van der Waals surface area (Å²) in [6.07, 6.45) is -2.24. The topological polar surface area (TPSA) is 83.1 Å². The number of aromatic amines is 1. The number of hydrogen-bond acceptors (Lipinski definition) is 7. The van der Waals surface area contributed by atoms with Crippen molar-refractivity contribution in [3.8, 4) is 5.75 Å². The standard InChI is InChI=1S/C24H22ClF4N7O/c1-13-11-36(22-19-21(32-12-31-19)33-23(25)34-22)14(2)10-35(13)20(15-3-5-16(26)6-4-15)18-8-7-17(9-30-18)37-24(27,28)29/h3-9,12-14,20H,10-11H2,1-2H3,(H,31,32,33,34)/t13-,14+,20?/m1/s1. The van der Waals surface area contributed by atoms with Gasteiger partial charge in [-0.3, -0.25) is 9.88 Å². The molecule has 0 aliphatic carbocycles. The van der Waals surface area contributed by atoms with Gasteiger partial charge in [0, 0.05) is 25.2 Å². The van der Waals surface area contributed by atoms with Gasteiger partial charge in [0.2, 0.25) is 5.28 Å². The molecule has 0 saturated carbocycles. The molecule has 0 bridgehead atoms. The van der Waals surface area contributed by atoms with Crippen LogP contribution in [0.1, 0.15) is 31.1 Å². The molecule has 194 valence electrons. The number of piperazine rings is 1. The van der Waals surface area contributed by atoms with E-state index in [1.165, 1.54) is 30.6 Å². The molecule has 1 aromatic carbocycles. The van der Waals surface area contributed by atoms with E-state index in [1.54, 1.807) is 12.1 Å². The number of imidazole rings is 1. The van der Waals surface area contributed by atoms with Crippen LogP contribution in [0.15, 0.2) is 48.9 Å². The number of benzene rings is 1. The molecule has 13 heteroatoms. The molecule has 1 saturated heterocycles. The first-order valence-electron chi connectivity index (χ1n) is 11.4. The first-order valence-corrected chi connectivity index (χ1v) is 11.8. The minimum Gasteiger partial charge on any atom is -0.404 e. The zero-order valence-corrected chi connectivity index (χ0v) is 20.5. The van der Waals surface area contributed by atoms with Crippen molar-refractivity contribution in [1.82, 2.24) is 29.8 Å². The smallest absolute Gasteiger partial charge is 0.404 e. The first kappa shape index (κ1) is 25.2. The average Bonchev–Trinajstić information content (AvgIpc) is 3.30. The van der Waals surface area contributed by atoms with Gasteiger partial charge in [-0.2, -0.15) is 9.97 Å². The fourth-order valence-corrected chi connectivity index (χ4v) is 4.89. The quantitative estimate of drug-likeness (QED) is 0.280. The summed E-state index contributed by atoms with van der Waals surface area (Å²) in [4.78, 5) is 24.5. The molecule has 1 aliphatic heterocycles. The summed E-state index contributed by atoms with van der Waals surface area (Å²) in [6, 6.07) is 8.19. The Morgan fingerprint density at radius 2 is 1.78 bits per heavy atom. The molecule has 1 aliphatic rings. The van der Waals surface area contributed by atoms with Crippen LogP contribution in [0, 0.1) is 5.82 Å². The molecule has 4 aromatic rings. The Hall–Kier alpha value is -3.51. The van der Waals surface area contributed by atoms with Gasteiger partial charge >= 0.3 is 6.36 Å². The molecule has 0 spiro atoms. The summed E-state index contributed by atoms with van der Waals surface area (Å²) in [5.41, 5.74) is 2.40. The fraction of sp³-hybridized carbons (Fsp3) is 0.333. The molecule has 3 aromatic heterocycles. The number of nitrogens with zero attached hydrogens (tertiary/aromatic N) is 6. The van der Waals surface area contributed by atoms with Crippen LogP contribution < -0.4 is 9.64 Å². The minimum absolute atomic E-state index is 0.0514. The maximum absolute atomic E-state index is 13.7. The highest BCUT2D eigenvalue weighted by Crippen LogP contribution is 2.35. The highest BCUT2D eigenvalue weighted by Gasteiger charge is 2.37. The third-order valence-electron chi connectivity index (χ3n) is 6.34. The highest BCUT2D eigenvalue weighted by molar-refractivity contribution is 6.28. The summed E-state index contributed by atoms with van der Waals surface area (Å²) in [6.45, 7) is 5.16. The van der Waals surface area contributed by atoms with Crippen molar-refractivity contribution in [3.05, 3.63) is 71.3 Å². The van der Waals surface area contributed by atoms with E-state index in [-0.39, 0.29) is 23.2 Å². The minimum atomic E-state index is -4.82. The lowest BCUT2D eigenvalue weighted by molar-refractivity contribution is -0.274. The van der Waals surface area contributed by atoms with E-state index in [9.17, 15) is 17.6 Å². The van der Waals surface area contributed by atoms with Gasteiger partial charge in [0.05, 0.1) is 24.3 Å². The van der Waals surface area contributed by atoms with Gasteiger partial charge in [-0.15, -0.1) is 13.2 Å². The fourth-order valence-electron chi connectivity index (χ4n) is 4.73. The summed E-state index contributed by atoms with van der Waals surface area (Å²) in [5.74, 6) is -0.166. The highest BCUT2D eigenvalue weighted by atomic mass is 35.5. The Morgan fingerprint density at radius 1 is 1.03 bits per heavy atom. The largest absolute Gasteiger partial charge is 0.573 e. The molecule has 8 nitrogen and oxygen atoms in total. The molecule has 0 amide bonds. The van der Waals surface area contributed by atoms with Crippen molar-refractivity contribution in [2.24, 2.45) is 0 Å². The Morgan fingerprint density at radius 3 is 2.46 bits per heavy atom. The van der Waals surface area contributed by atoms with Gasteiger partial charge in [-0.05, 0) is 55.3 Å². The van der Waals surface area contributed by atoms with Crippen molar-refractivity contribution < 1.29 is 22.3 Å². The summed E-state index contributed by atoms with van der Waals surface area (Å²) in [7, 11) is 0. The van der Waals surface area contributed by atoms with E-state index in [4.69, 9.17) is 11.6 Å². The predicted molar refractivity (Wildman–Crippen MR) is 129 cm³/mol. The molecule has 5 rings (SSSR count). The van der Waals surface area contributed by atoms with Crippen molar-refractivity contribution in [1.29, 1.82) is 0 Å². The molecule has 4 heterocycles. The third-order valence-corrected chi connectivity index (χ3v) is 6.50. The summed E-state index contributed by atoms with van der Waals surface area (Å²) >= 11 is 6.16. The molecule has 37 heavy (non-hydrogen) atoms. The van der Waals surface area contributed by atoms with Crippen LogP contribution >= 0.6 is 11.6 Å². The van der Waals surface area contributed by atoms with Gasteiger partial charge < -0.3 is 14.6 Å². The van der Waals surface area contributed by atoms with E-state index in [0.717, 1.165) is 11.8 Å². The number of anilines is 1. The van der Waals surface area contributed by atoms with E-state index >= 15 is 0 Å². The lowest BCUT2D eigenvalue weighted by Crippen LogP contribution is -2.57. The number of H-pyrrole nitrogens is 1. The number of nitrogens with one attached hydrogen (secondary N) is 1. The Balaban J connectivity index is 1.48. The van der Waals surface area contributed by atoms with Crippen LogP contribution in [0.5, 0.6) is 5.75 Å². The Bertz CT molecular complexity index is 1380. The maximum atomic E-state index is 13.7. The number of alkyl halides is 3.